The predicted molar refractivity (Wildman–Crippen MR) is 68.6 cm³/mol. The van der Waals surface area contributed by atoms with Crippen molar-refractivity contribution < 1.29 is 9.53 Å². The molecule has 18 heavy (non-hydrogen) atoms. The molecule has 1 saturated heterocycles. The second-order valence-corrected chi connectivity index (χ2v) is 4.40. The minimum Gasteiger partial charge on any atom is -0.391 e. The standard InChI is InChI=1S/C14H14N2O2/c17-14(16-9-3-4-10-16)18-13-8-7-11-5-1-2-6-12(11)15-13/h1-2,5-8H,3-4,9-10H2. The van der Waals surface area contributed by atoms with E-state index in [0.717, 1.165) is 36.8 Å². The molecule has 0 aliphatic carbocycles. The summed E-state index contributed by atoms with van der Waals surface area (Å²) in [6.45, 7) is 1.57. The van der Waals surface area contributed by atoms with Crippen molar-refractivity contribution >= 4 is 17.0 Å². The van der Waals surface area contributed by atoms with Crippen molar-refractivity contribution in [3.8, 4) is 5.88 Å². The summed E-state index contributed by atoms with van der Waals surface area (Å²) in [5.41, 5.74) is 0.837. The van der Waals surface area contributed by atoms with E-state index in [1.54, 1.807) is 11.0 Å². The van der Waals surface area contributed by atoms with Gasteiger partial charge in [-0.05, 0) is 25.0 Å². The Morgan fingerprint density at radius 1 is 1.11 bits per heavy atom. The first-order valence-corrected chi connectivity index (χ1v) is 6.15. The molecule has 0 atom stereocenters. The van der Waals surface area contributed by atoms with Crippen LogP contribution in [0.2, 0.25) is 0 Å². The molecule has 4 nitrogen and oxygen atoms in total. The SMILES string of the molecule is O=C(Oc1ccc2ccccc2n1)N1CCCC1. The molecule has 0 radical (unpaired) electrons. The lowest BCUT2D eigenvalue weighted by Crippen LogP contribution is -2.30. The smallest absolute Gasteiger partial charge is 0.391 e. The number of amides is 1. The van der Waals surface area contributed by atoms with Crippen molar-refractivity contribution in [3.63, 3.8) is 0 Å². The van der Waals surface area contributed by atoms with Crippen LogP contribution in [0.15, 0.2) is 36.4 Å². The number of fused-ring (bicyclic) bond motifs is 1. The number of carbonyl (C=O) groups excluding carboxylic acids is 1. The molecule has 2 heterocycles. The zero-order valence-corrected chi connectivity index (χ0v) is 10.0. The molecule has 0 N–H and O–H groups in total. The summed E-state index contributed by atoms with van der Waals surface area (Å²) < 4.78 is 5.28. The first-order valence-electron chi connectivity index (χ1n) is 6.15. The molecular formula is C14H14N2O2. The van der Waals surface area contributed by atoms with E-state index in [0.29, 0.717) is 5.88 Å². The van der Waals surface area contributed by atoms with Crippen molar-refractivity contribution in [1.82, 2.24) is 9.88 Å². The van der Waals surface area contributed by atoms with Crippen LogP contribution in [0.1, 0.15) is 12.8 Å². The summed E-state index contributed by atoms with van der Waals surface area (Å²) >= 11 is 0. The van der Waals surface area contributed by atoms with Gasteiger partial charge in [-0.3, -0.25) is 0 Å². The van der Waals surface area contributed by atoms with Gasteiger partial charge < -0.3 is 9.64 Å². The van der Waals surface area contributed by atoms with Gasteiger partial charge in [0.05, 0.1) is 5.52 Å². The van der Waals surface area contributed by atoms with Crippen LogP contribution in [0, 0.1) is 0 Å². The number of nitrogens with zero attached hydrogens (tertiary/aromatic N) is 2. The molecule has 1 fully saturated rings. The predicted octanol–water partition coefficient (Wildman–Crippen LogP) is 2.83. The number of ether oxygens (including phenoxy) is 1. The Kier molecular flexibility index (Phi) is 2.84. The summed E-state index contributed by atoms with van der Waals surface area (Å²) in [6.07, 6.45) is 1.82. The minimum atomic E-state index is -0.296. The number of pyridine rings is 1. The van der Waals surface area contributed by atoms with Crippen LogP contribution in [0.5, 0.6) is 5.88 Å². The second-order valence-electron chi connectivity index (χ2n) is 4.40. The lowest BCUT2D eigenvalue weighted by atomic mass is 10.2. The van der Waals surface area contributed by atoms with Crippen molar-refractivity contribution in [2.24, 2.45) is 0 Å². The van der Waals surface area contributed by atoms with E-state index in [1.807, 2.05) is 30.3 Å². The minimum absolute atomic E-state index is 0.296. The number of rotatable bonds is 1. The molecule has 0 spiro atoms. The zero-order chi connectivity index (χ0) is 12.4. The fourth-order valence-electron chi connectivity index (χ4n) is 2.16. The van der Waals surface area contributed by atoms with Gasteiger partial charge in [-0.2, -0.15) is 0 Å². The highest BCUT2D eigenvalue weighted by atomic mass is 16.6. The van der Waals surface area contributed by atoms with Crippen LogP contribution in [-0.4, -0.2) is 29.1 Å². The normalized spacial score (nSPS) is 15.0. The first kappa shape index (κ1) is 11.0. The van der Waals surface area contributed by atoms with Crippen molar-refractivity contribution in [1.29, 1.82) is 0 Å². The third-order valence-corrected chi connectivity index (χ3v) is 3.13. The van der Waals surface area contributed by atoms with E-state index >= 15 is 0 Å². The number of aromatic nitrogens is 1. The fourth-order valence-corrected chi connectivity index (χ4v) is 2.16. The number of hydrogen-bond acceptors (Lipinski definition) is 3. The summed E-state index contributed by atoms with van der Waals surface area (Å²) in [4.78, 5) is 17.9. The highest BCUT2D eigenvalue weighted by molar-refractivity contribution is 5.79. The van der Waals surface area contributed by atoms with E-state index in [9.17, 15) is 4.79 Å². The number of hydrogen-bond donors (Lipinski definition) is 0. The van der Waals surface area contributed by atoms with Gasteiger partial charge in [-0.25, -0.2) is 9.78 Å². The van der Waals surface area contributed by atoms with Crippen LogP contribution in [0.3, 0.4) is 0 Å². The third kappa shape index (κ3) is 2.14. The van der Waals surface area contributed by atoms with E-state index in [-0.39, 0.29) is 6.09 Å². The number of likely N-dealkylation sites (tertiary alicyclic amines) is 1. The Morgan fingerprint density at radius 2 is 1.89 bits per heavy atom. The van der Waals surface area contributed by atoms with E-state index in [2.05, 4.69) is 4.98 Å². The molecule has 1 aromatic heterocycles. The molecule has 3 rings (SSSR count). The lowest BCUT2D eigenvalue weighted by molar-refractivity contribution is 0.161. The van der Waals surface area contributed by atoms with Crippen LogP contribution in [0.4, 0.5) is 4.79 Å². The molecule has 0 bridgehead atoms. The van der Waals surface area contributed by atoms with Gasteiger partial charge in [-0.15, -0.1) is 0 Å². The molecule has 4 heteroatoms. The van der Waals surface area contributed by atoms with Gasteiger partial charge in [0.2, 0.25) is 5.88 Å². The van der Waals surface area contributed by atoms with Crippen LogP contribution < -0.4 is 4.74 Å². The summed E-state index contributed by atoms with van der Waals surface area (Å²) in [6, 6.07) is 11.4. The van der Waals surface area contributed by atoms with Gasteiger partial charge in [0, 0.05) is 24.5 Å². The lowest BCUT2D eigenvalue weighted by Gasteiger charge is -2.14. The Morgan fingerprint density at radius 3 is 2.72 bits per heavy atom. The maximum absolute atomic E-state index is 11.8. The molecule has 1 aliphatic rings. The maximum Gasteiger partial charge on any atom is 0.416 e. The van der Waals surface area contributed by atoms with Crippen LogP contribution in [0.25, 0.3) is 10.9 Å². The largest absolute Gasteiger partial charge is 0.416 e. The Hall–Kier alpha value is -2.10. The molecule has 0 unspecified atom stereocenters. The zero-order valence-electron chi connectivity index (χ0n) is 10.0. The third-order valence-electron chi connectivity index (χ3n) is 3.13. The van der Waals surface area contributed by atoms with Crippen LogP contribution >= 0.6 is 0 Å². The van der Waals surface area contributed by atoms with Gasteiger partial charge in [0.15, 0.2) is 0 Å². The van der Waals surface area contributed by atoms with E-state index in [4.69, 9.17) is 4.74 Å². The second kappa shape index (κ2) is 4.64. The number of carbonyl (C=O) groups is 1. The Bertz CT molecular complexity index is 577. The number of benzene rings is 1. The van der Waals surface area contributed by atoms with E-state index in [1.165, 1.54) is 0 Å². The molecule has 92 valence electrons. The van der Waals surface area contributed by atoms with Gasteiger partial charge in [0.25, 0.3) is 0 Å². The Labute approximate surface area is 105 Å². The molecule has 1 aromatic carbocycles. The summed E-state index contributed by atoms with van der Waals surface area (Å²) in [7, 11) is 0. The average molecular weight is 242 g/mol. The van der Waals surface area contributed by atoms with Crippen molar-refractivity contribution in [2.75, 3.05) is 13.1 Å². The Balaban J connectivity index is 1.79. The fraction of sp³-hybridized carbons (Fsp3) is 0.286. The molecular weight excluding hydrogens is 228 g/mol. The van der Waals surface area contributed by atoms with Gasteiger partial charge in [-0.1, -0.05) is 18.2 Å². The molecule has 0 saturated carbocycles. The van der Waals surface area contributed by atoms with E-state index < -0.39 is 0 Å². The summed E-state index contributed by atoms with van der Waals surface area (Å²) in [5.74, 6) is 0.366. The molecule has 1 aliphatic heterocycles. The topological polar surface area (TPSA) is 42.4 Å². The number of para-hydroxylation sites is 1. The molecule has 2 aromatic rings. The van der Waals surface area contributed by atoms with Crippen LogP contribution in [-0.2, 0) is 0 Å². The highest BCUT2D eigenvalue weighted by Gasteiger charge is 2.20. The monoisotopic (exact) mass is 242 g/mol. The molecule has 1 amide bonds. The van der Waals surface area contributed by atoms with Crippen molar-refractivity contribution in [2.45, 2.75) is 12.8 Å². The highest BCUT2D eigenvalue weighted by Crippen LogP contribution is 2.17. The van der Waals surface area contributed by atoms with Gasteiger partial charge in [0.1, 0.15) is 0 Å². The maximum atomic E-state index is 11.8. The quantitative estimate of drug-likeness (QED) is 0.772. The average Bonchev–Trinajstić information content (AvgIpc) is 2.92. The van der Waals surface area contributed by atoms with Crippen molar-refractivity contribution in [3.05, 3.63) is 36.4 Å². The van der Waals surface area contributed by atoms with Gasteiger partial charge >= 0.3 is 6.09 Å². The first-order chi connectivity index (χ1) is 8.83. The summed E-state index contributed by atoms with van der Waals surface area (Å²) in [5, 5.41) is 1.04.